The molecule has 2 amide bonds. The van der Waals surface area contributed by atoms with E-state index in [1.54, 1.807) is 7.05 Å². The van der Waals surface area contributed by atoms with E-state index in [1.807, 2.05) is 36.2 Å². The molecule has 1 aliphatic carbocycles. The molecule has 1 saturated carbocycles. The summed E-state index contributed by atoms with van der Waals surface area (Å²) in [7, 11) is 3.56. The van der Waals surface area contributed by atoms with Crippen molar-refractivity contribution in [1.29, 1.82) is 0 Å². The minimum atomic E-state index is -0.0871. The van der Waals surface area contributed by atoms with Crippen LogP contribution in [0.5, 0.6) is 0 Å². The van der Waals surface area contributed by atoms with Gasteiger partial charge in [0.1, 0.15) is 0 Å². The Morgan fingerprint density at radius 2 is 1.83 bits per heavy atom. The molecule has 1 aliphatic rings. The van der Waals surface area contributed by atoms with Gasteiger partial charge in [-0.3, -0.25) is 14.5 Å². The van der Waals surface area contributed by atoms with Gasteiger partial charge in [-0.1, -0.05) is 31.9 Å². The predicted octanol–water partition coefficient (Wildman–Crippen LogP) is 2.17. The van der Waals surface area contributed by atoms with Crippen LogP contribution in [0.3, 0.4) is 0 Å². The summed E-state index contributed by atoms with van der Waals surface area (Å²) in [4.78, 5) is 25.8. The van der Waals surface area contributed by atoms with Gasteiger partial charge in [0.15, 0.2) is 0 Å². The molecule has 0 aromatic heterocycles. The lowest BCUT2D eigenvalue weighted by Gasteiger charge is -2.30. The zero-order valence-corrected chi connectivity index (χ0v) is 15.0. The maximum atomic E-state index is 12.2. The van der Waals surface area contributed by atoms with Crippen LogP contribution < -0.4 is 10.6 Å². The van der Waals surface area contributed by atoms with Crippen LogP contribution in [0.2, 0.25) is 0 Å². The SMILES string of the molecule is CNC(=O)c1ccc(CN(C)CC(=O)N[C@H]2CCCC[C@H]2C)cc1. The van der Waals surface area contributed by atoms with Gasteiger partial charge in [-0.05, 0) is 43.5 Å². The van der Waals surface area contributed by atoms with Crippen molar-refractivity contribution in [3.05, 3.63) is 35.4 Å². The smallest absolute Gasteiger partial charge is 0.251 e. The number of rotatable bonds is 6. The third kappa shape index (κ3) is 5.34. The number of benzene rings is 1. The van der Waals surface area contributed by atoms with Crippen molar-refractivity contribution in [3.8, 4) is 0 Å². The van der Waals surface area contributed by atoms with Crippen LogP contribution in [-0.2, 0) is 11.3 Å². The third-order valence-corrected chi connectivity index (χ3v) is 4.77. The summed E-state index contributed by atoms with van der Waals surface area (Å²) in [5.41, 5.74) is 1.73. The highest BCUT2D eigenvalue weighted by Crippen LogP contribution is 2.23. The zero-order valence-electron chi connectivity index (χ0n) is 15.0. The number of amides is 2. The molecule has 0 aliphatic heterocycles. The van der Waals surface area contributed by atoms with Crippen molar-refractivity contribution in [2.24, 2.45) is 5.92 Å². The second-order valence-electron chi connectivity index (χ2n) is 6.88. The highest BCUT2D eigenvalue weighted by atomic mass is 16.2. The molecular weight excluding hydrogens is 302 g/mol. The van der Waals surface area contributed by atoms with Crippen LogP contribution in [0.4, 0.5) is 0 Å². The van der Waals surface area contributed by atoms with E-state index in [2.05, 4.69) is 17.6 Å². The third-order valence-electron chi connectivity index (χ3n) is 4.77. The average molecular weight is 331 g/mol. The molecule has 1 aromatic carbocycles. The Bertz CT molecular complexity index is 556. The van der Waals surface area contributed by atoms with Crippen molar-refractivity contribution in [2.75, 3.05) is 20.6 Å². The van der Waals surface area contributed by atoms with Crippen LogP contribution in [0.25, 0.3) is 0 Å². The quantitative estimate of drug-likeness (QED) is 0.840. The summed E-state index contributed by atoms with van der Waals surface area (Å²) in [5.74, 6) is 0.583. The first-order chi connectivity index (χ1) is 11.5. The van der Waals surface area contributed by atoms with Crippen molar-refractivity contribution < 1.29 is 9.59 Å². The van der Waals surface area contributed by atoms with Gasteiger partial charge in [-0.15, -0.1) is 0 Å². The van der Waals surface area contributed by atoms with E-state index in [4.69, 9.17) is 0 Å². The highest BCUT2D eigenvalue weighted by Gasteiger charge is 2.23. The largest absolute Gasteiger partial charge is 0.355 e. The standard InChI is InChI=1S/C19H29N3O2/c1-14-6-4-5-7-17(14)21-18(23)13-22(3)12-15-8-10-16(11-9-15)19(24)20-2/h8-11,14,17H,4-7,12-13H2,1-3H3,(H,20,24)(H,21,23)/t14-,17+/m1/s1. The molecule has 2 N–H and O–H groups in total. The van der Waals surface area contributed by atoms with Crippen LogP contribution >= 0.6 is 0 Å². The molecule has 5 nitrogen and oxygen atoms in total. The molecule has 0 saturated heterocycles. The Kier molecular flexibility index (Phi) is 6.79. The molecule has 5 heteroatoms. The summed E-state index contributed by atoms with van der Waals surface area (Å²) in [6.07, 6.45) is 4.79. The maximum absolute atomic E-state index is 12.2. The van der Waals surface area contributed by atoms with Crippen molar-refractivity contribution in [1.82, 2.24) is 15.5 Å². The number of nitrogens with one attached hydrogen (secondary N) is 2. The minimum Gasteiger partial charge on any atom is -0.355 e. The lowest BCUT2D eigenvalue weighted by molar-refractivity contribution is -0.123. The number of hydrogen-bond acceptors (Lipinski definition) is 3. The Balaban J connectivity index is 1.80. The minimum absolute atomic E-state index is 0.0871. The fourth-order valence-corrected chi connectivity index (χ4v) is 3.30. The van der Waals surface area contributed by atoms with E-state index in [0.717, 1.165) is 12.0 Å². The molecule has 0 radical (unpaired) electrons. The van der Waals surface area contributed by atoms with Gasteiger partial charge in [-0.2, -0.15) is 0 Å². The summed E-state index contributed by atoms with van der Waals surface area (Å²) >= 11 is 0. The van der Waals surface area contributed by atoms with Gasteiger partial charge in [0.25, 0.3) is 5.91 Å². The highest BCUT2D eigenvalue weighted by molar-refractivity contribution is 5.93. The normalized spacial score (nSPS) is 20.7. The van der Waals surface area contributed by atoms with Gasteiger partial charge in [0.05, 0.1) is 6.54 Å². The summed E-state index contributed by atoms with van der Waals surface area (Å²) in [5, 5.41) is 5.79. The van der Waals surface area contributed by atoms with E-state index >= 15 is 0 Å². The van der Waals surface area contributed by atoms with E-state index in [1.165, 1.54) is 19.3 Å². The fourth-order valence-electron chi connectivity index (χ4n) is 3.30. The van der Waals surface area contributed by atoms with Gasteiger partial charge in [0, 0.05) is 25.2 Å². The lowest BCUT2D eigenvalue weighted by Crippen LogP contribution is -2.44. The Morgan fingerprint density at radius 3 is 2.46 bits per heavy atom. The van der Waals surface area contributed by atoms with E-state index in [-0.39, 0.29) is 11.8 Å². The Hall–Kier alpha value is -1.88. The summed E-state index contributed by atoms with van der Waals surface area (Å²) < 4.78 is 0. The summed E-state index contributed by atoms with van der Waals surface area (Å²) in [6, 6.07) is 7.81. The predicted molar refractivity (Wildman–Crippen MR) is 95.7 cm³/mol. The molecule has 0 spiro atoms. The van der Waals surface area contributed by atoms with E-state index in [9.17, 15) is 9.59 Å². The lowest BCUT2D eigenvalue weighted by atomic mass is 9.86. The average Bonchev–Trinajstić information content (AvgIpc) is 2.56. The first-order valence-corrected chi connectivity index (χ1v) is 8.78. The fraction of sp³-hybridized carbons (Fsp3) is 0.579. The van der Waals surface area contributed by atoms with Crippen LogP contribution in [0.15, 0.2) is 24.3 Å². The second-order valence-corrected chi connectivity index (χ2v) is 6.88. The molecule has 2 atom stereocenters. The first-order valence-electron chi connectivity index (χ1n) is 8.78. The Labute approximate surface area is 144 Å². The van der Waals surface area contributed by atoms with Gasteiger partial charge in [0.2, 0.25) is 5.91 Å². The molecule has 2 rings (SSSR count). The molecule has 1 aromatic rings. The molecule has 132 valence electrons. The molecule has 0 unspecified atom stereocenters. The Morgan fingerprint density at radius 1 is 1.17 bits per heavy atom. The van der Waals surface area contributed by atoms with Crippen LogP contribution in [-0.4, -0.2) is 43.4 Å². The molecule has 0 heterocycles. The number of carbonyl (C=O) groups excluding carboxylic acids is 2. The first kappa shape index (κ1) is 18.5. The number of carbonyl (C=O) groups is 2. The van der Waals surface area contributed by atoms with Gasteiger partial charge >= 0.3 is 0 Å². The monoisotopic (exact) mass is 331 g/mol. The van der Waals surface area contributed by atoms with Crippen molar-refractivity contribution in [3.63, 3.8) is 0 Å². The maximum Gasteiger partial charge on any atom is 0.251 e. The topological polar surface area (TPSA) is 61.4 Å². The summed E-state index contributed by atoms with van der Waals surface area (Å²) in [6.45, 7) is 3.30. The van der Waals surface area contributed by atoms with E-state index in [0.29, 0.717) is 30.6 Å². The molecule has 24 heavy (non-hydrogen) atoms. The molecule has 0 bridgehead atoms. The van der Waals surface area contributed by atoms with Gasteiger partial charge in [-0.25, -0.2) is 0 Å². The van der Waals surface area contributed by atoms with Crippen molar-refractivity contribution >= 4 is 11.8 Å². The number of nitrogens with zero attached hydrogens (tertiary/aromatic N) is 1. The van der Waals surface area contributed by atoms with Crippen molar-refractivity contribution in [2.45, 2.75) is 45.2 Å². The molecule has 1 fully saturated rings. The molecular formula is C19H29N3O2. The second kappa shape index (κ2) is 8.83. The van der Waals surface area contributed by atoms with Crippen LogP contribution in [0.1, 0.15) is 48.5 Å². The van der Waals surface area contributed by atoms with Crippen LogP contribution in [0, 0.1) is 5.92 Å². The zero-order chi connectivity index (χ0) is 17.5. The van der Waals surface area contributed by atoms with Gasteiger partial charge < -0.3 is 10.6 Å². The number of likely N-dealkylation sites (N-methyl/N-ethyl adjacent to an activating group) is 1. The number of hydrogen-bond donors (Lipinski definition) is 2. The van der Waals surface area contributed by atoms with E-state index < -0.39 is 0 Å².